The van der Waals surface area contributed by atoms with Gasteiger partial charge in [-0.2, -0.15) is 0 Å². The van der Waals surface area contributed by atoms with E-state index in [0.717, 1.165) is 16.8 Å². The zero-order chi connectivity index (χ0) is 23.1. The fourth-order valence-electron chi connectivity index (χ4n) is 4.90. The summed E-state index contributed by atoms with van der Waals surface area (Å²) >= 11 is 0. The lowest BCUT2D eigenvalue weighted by Gasteiger charge is -2.34. The van der Waals surface area contributed by atoms with Crippen molar-refractivity contribution in [3.8, 4) is 23.0 Å². The van der Waals surface area contributed by atoms with Crippen LogP contribution in [-0.4, -0.2) is 31.7 Å². The van der Waals surface area contributed by atoms with E-state index < -0.39 is 0 Å². The maximum absolute atomic E-state index is 13.4. The standard InChI is InChI=1S/C26H27NO6/c1-14(2)33-22-7-4-15(10-23(22)30-3)17-8-19-26(20(28)9-17)18(12-25(29)27-19)16-5-6-21-24(11-16)32-13-31-21/h4-7,10-11,14,17-18H,8-9,12-13H2,1-3H3,(H,27,29)/t17-,18+/m0/s1. The fraction of sp³-hybridized carbons (Fsp3) is 0.385. The minimum absolute atomic E-state index is 0.0271. The van der Waals surface area contributed by atoms with E-state index in [0.29, 0.717) is 41.4 Å². The molecule has 1 N–H and O–H groups in total. The number of ether oxygens (including phenoxy) is 4. The Morgan fingerprint density at radius 3 is 2.52 bits per heavy atom. The summed E-state index contributed by atoms with van der Waals surface area (Å²) in [5.41, 5.74) is 3.31. The Kier molecular flexibility index (Phi) is 5.48. The summed E-state index contributed by atoms with van der Waals surface area (Å²) in [6.45, 7) is 4.11. The van der Waals surface area contributed by atoms with Crippen molar-refractivity contribution in [2.24, 2.45) is 0 Å². The monoisotopic (exact) mass is 449 g/mol. The number of carbonyl (C=O) groups excluding carboxylic acids is 2. The molecule has 0 bridgehead atoms. The minimum atomic E-state index is -0.284. The molecule has 7 heteroatoms. The van der Waals surface area contributed by atoms with Crippen LogP contribution in [-0.2, 0) is 9.59 Å². The number of benzene rings is 2. The largest absolute Gasteiger partial charge is 0.493 e. The third-order valence-electron chi connectivity index (χ3n) is 6.36. The molecular weight excluding hydrogens is 422 g/mol. The second-order valence-electron chi connectivity index (χ2n) is 8.92. The van der Waals surface area contributed by atoms with Crippen molar-refractivity contribution < 1.29 is 28.5 Å². The number of nitrogens with one attached hydrogen (secondary N) is 1. The van der Waals surface area contributed by atoms with Crippen LogP contribution >= 0.6 is 0 Å². The van der Waals surface area contributed by atoms with Gasteiger partial charge in [0.1, 0.15) is 0 Å². The lowest BCUT2D eigenvalue weighted by molar-refractivity contribution is -0.122. The van der Waals surface area contributed by atoms with Crippen LogP contribution in [0.4, 0.5) is 0 Å². The number of carbonyl (C=O) groups is 2. The van der Waals surface area contributed by atoms with E-state index >= 15 is 0 Å². The first kappa shape index (κ1) is 21.4. The average Bonchev–Trinajstić information content (AvgIpc) is 3.26. The Morgan fingerprint density at radius 2 is 1.73 bits per heavy atom. The summed E-state index contributed by atoms with van der Waals surface area (Å²) in [5.74, 6) is 2.29. The molecule has 2 aromatic rings. The van der Waals surface area contributed by atoms with Crippen molar-refractivity contribution in [2.45, 2.75) is 51.0 Å². The van der Waals surface area contributed by atoms with Crippen LogP contribution in [0, 0.1) is 0 Å². The molecule has 2 aromatic carbocycles. The van der Waals surface area contributed by atoms with E-state index in [1.54, 1.807) is 7.11 Å². The second-order valence-corrected chi connectivity index (χ2v) is 8.92. The molecule has 2 atom stereocenters. The topological polar surface area (TPSA) is 83.1 Å². The maximum atomic E-state index is 13.4. The molecule has 1 aliphatic carbocycles. The number of fused-ring (bicyclic) bond motifs is 1. The number of amides is 1. The summed E-state index contributed by atoms with van der Waals surface area (Å²) in [6.07, 6.45) is 1.23. The molecule has 0 aromatic heterocycles. The van der Waals surface area contributed by atoms with Gasteiger partial charge in [-0.05, 0) is 61.6 Å². The van der Waals surface area contributed by atoms with E-state index in [9.17, 15) is 9.59 Å². The third kappa shape index (κ3) is 4.03. The predicted octanol–water partition coefficient (Wildman–Crippen LogP) is 4.22. The minimum Gasteiger partial charge on any atom is -0.493 e. The summed E-state index contributed by atoms with van der Waals surface area (Å²) in [5, 5.41) is 2.97. The molecule has 5 rings (SSSR count). The normalized spacial score (nSPS) is 21.7. The molecule has 2 aliphatic heterocycles. The van der Waals surface area contributed by atoms with Crippen LogP contribution < -0.4 is 24.3 Å². The highest BCUT2D eigenvalue weighted by molar-refractivity contribution is 6.02. The summed E-state index contributed by atoms with van der Waals surface area (Å²) in [7, 11) is 1.61. The molecule has 7 nitrogen and oxygen atoms in total. The zero-order valence-corrected chi connectivity index (χ0v) is 19.0. The van der Waals surface area contributed by atoms with Gasteiger partial charge in [0, 0.05) is 30.0 Å². The van der Waals surface area contributed by atoms with Crippen LogP contribution in [0.2, 0.25) is 0 Å². The molecule has 0 spiro atoms. The average molecular weight is 450 g/mol. The quantitative estimate of drug-likeness (QED) is 0.736. The molecule has 1 amide bonds. The van der Waals surface area contributed by atoms with Crippen molar-refractivity contribution >= 4 is 11.7 Å². The van der Waals surface area contributed by atoms with Gasteiger partial charge in [0.25, 0.3) is 0 Å². The van der Waals surface area contributed by atoms with Gasteiger partial charge in [-0.25, -0.2) is 0 Å². The Hall–Kier alpha value is -3.48. The number of hydrogen-bond acceptors (Lipinski definition) is 6. The summed E-state index contributed by atoms with van der Waals surface area (Å²) in [4.78, 5) is 26.0. The van der Waals surface area contributed by atoms with Gasteiger partial charge in [-0.1, -0.05) is 12.1 Å². The van der Waals surface area contributed by atoms with Crippen LogP contribution in [0.15, 0.2) is 47.7 Å². The van der Waals surface area contributed by atoms with Gasteiger partial charge in [-0.3, -0.25) is 9.59 Å². The molecule has 0 saturated carbocycles. The lowest BCUT2D eigenvalue weighted by Crippen LogP contribution is -2.38. The van der Waals surface area contributed by atoms with Crippen LogP contribution in [0.3, 0.4) is 0 Å². The van der Waals surface area contributed by atoms with Gasteiger partial charge in [0.15, 0.2) is 28.8 Å². The van der Waals surface area contributed by atoms with Crippen molar-refractivity contribution in [1.29, 1.82) is 0 Å². The van der Waals surface area contributed by atoms with E-state index in [-0.39, 0.29) is 42.8 Å². The van der Waals surface area contributed by atoms with Crippen LogP contribution in [0.5, 0.6) is 23.0 Å². The zero-order valence-electron chi connectivity index (χ0n) is 19.0. The highest BCUT2D eigenvalue weighted by atomic mass is 16.7. The predicted molar refractivity (Wildman–Crippen MR) is 121 cm³/mol. The van der Waals surface area contributed by atoms with Gasteiger partial charge >= 0.3 is 0 Å². The Morgan fingerprint density at radius 1 is 0.939 bits per heavy atom. The van der Waals surface area contributed by atoms with Crippen molar-refractivity contribution in [3.63, 3.8) is 0 Å². The fourth-order valence-corrected chi connectivity index (χ4v) is 4.90. The van der Waals surface area contributed by atoms with Gasteiger partial charge in [-0.15, -0.1) is 0 Å². The van der Waals surface area contributed by atoms with E-state index in [1.807, 2.05) is 50.2 Å². The first-order valence-electron chi connectivity index (χ1n) is 11.2. The van der Waals surface area contributed by atoms with Crippen molar-refractivity contribution in [3.05, 3.63) is 58.8 Å². The first-order chi connectivity index (χ1) is 15.9. The SMILES string of the molecule is COc1cc([C@@H]2CC(=O)C3=C(C2)NC(=O)C[C@@H]3c2ccc3c(c2)OCO3)ccc1OC(C)C. The number of methoxy groups -OCH3 is 1. The number of allylic oxidation sites excluding steroid dienone is 2. The molecule has 0 fully saturated rings. The Bertz CT molecular complexity index is 1150. The third-order valence-corrected chi connectivity index (χ3v) is 6.36. The highest BCUT2D eigenvalue weighted by Crippen LogP contribution is 2.45. The molecule has 3 aliphatic rings. The van der Waals surface area contributed by atoms with E-state index in [2.05, 4.69) is 5.32 Å². The molecule has 2 heterocycles. The van der Waals surface area contributed by atoms with Gasteiger partial charge in [0.05, 0.1) is 13.2 Å². The Balaban J connectivity index is 1.46. The number of Topliss-reactive ketones (excluding diaryl/α,β-unsaturated/α-hetero) is 1. The highest BCUT2D eigenvalue weighted by Gasteiger charge is 2.38. The summed E-state index contributed by atoms with van der Waals surface area (Å²) in [6, 6.07) is 11.4. The molecule has 172 valence electrons. The lowest BCUT2D eigenvalue weighted by atomic mass is 9.73. The number of hydrogen-bond donors (Lipinski definition) is 1. The molecule has 0 unspecified atom stereocenters. The number of rotatable bonds is 5. The smallest absolute Gasteiger partial charge is 0.231 e. The first-order valence-corrected chi connectivity index (χ1v) is 11.2. The molecule has 0 radical (unpaired) electrons. The van der Waals surface area contributed by atoms with E-state index in [4.69, 9.17) is 18.9 Å². The van der Waals surface area contributed by atoms with Crippen molar-refractivity contribution in [1.82, 2.24) is 5.32 Å². The Labute approximate surface area is 192 Å². The van der Waals surface area contributed by atoms with Gasteiger partial charge < -0.3 is 24.3 Å². The molecule has 33 heavy (non-hydrogen) atoms. The van der Waals surface area contributed by atoms with Crippen LogP contribution in [0.25, 0.3) is 0 Å². The van der Waals surface area contributed by atoms with Gasteiger partial charge in [0.2, 0.25) is 12.7 Å². The second kappa shape index (κ2) is 8.46. The van der Waals surface area contributed by atoms with Crippen molar-refractivity contribution in [2.75, 3.05) is 13.9 Å². The maximum Gasteiger partial charge on any atom is 0.231 e. The molecular formula is C26H27NO6. The molecule has 0 saturated heterocycles. The number of ketones is 1. The van der Waals surface area contributed by atoms with E-state index in [1.165, 1.54) is 0 Å². The van der Waals surface area contributed by atoms with Crippen LogP contribution in [0.1, 0.15) is 56.1 Å². The summed E-state index contributed by atoms with van der Waals surface area (Å²) < 4.78 is 22.2.